The summed E-state index contributed by atoms with van der Waals surface area (Å²) in [5, 5.41) is 13.0. The quantitative estimate of drug-likeness (QED) is 0.671. The number of rotatable bonds is 7. The molecule has 1 aromatic carbocycles. The van der Waals surface area contributed by atoms with Crippen LogP contribution < -0.4 is 10.2 Å². The first kappa shape index (κ1) is 22.2. The Labute approximate surface area is 188 Å². The molecule has 1 aromatic heterocycles. The maximum atomic E-state index is 14.4. The highest BCUT2D eigenvalue weighted by molar-refractivity contribution is 6.31. The number of hydrogen-bond acceptors (Lipinski definition) is 6. The van der Waals surface area contributed by atoms with Crippen LogP contribution in [0.15, 0.2) is 24.4 Å². The third kappa shape index (κ3) is 5.10. The van der Waals surface area contributed by atoms with Gasteiger partial charge < -0.3 is 20.2 Å². The first-order valence-electron chi connectivity index (χ1n) is 11.1. The highest BCUT2D eigenvalue weighted by Crippen LogP contribution is 2.33. The second-order valence-corrected chi connectivity index (χ2v) is 9.26. The lowest BCUT2D eigenvalue weighted by Gasteiger charge is -2.46. The van der Waals surface area contributed by atoms with E-state index in [2.05, 4.69) is 25.1 Å². The van der Waals surface area contributed by atoms with E-state index in [0.29, 0.717) is 22.8 Å². The molecule has 0 radical (unpaired) electrons. The Morgan fingerprint density at radius 3 is 2.84 bits per heavy atom. The number of hydrogen-bond donors (Lipinski definition) is 2. The highest BCUT2D eigenvalue weighted by Gasteiger charge is 2.37. The maximum absolute atomic E-state index is 14.4. The summed E-state index contributed by atoms with van der Waals surface area (Å²) in [5.41, 5.74) is 1.99. The van der Waals surface area contributed by atoms with E-state index in [1.807, 2.05) is 32.0 Å². The monoisotopic (exact) mass is 447 g/mol. The molecule has 31 heavy (non-hydrogen) atoms. The van der Waals surface area contributed by atoms with Crippen molar-refractivity contribution in [3.8, 4) is 0 Å². The Balaban J connectivity index is 1.38. The van der Waals surface area contributed by atoms with Crippen LogP contribution in [-0.4, -0.2) is 59.3 Å². The third-order valence-electron chi connectivity index (χ3n) is 6.52. The fourth-order valence-electron chi connectivity index (χ4n) is 4.67. The molecule has 0 bridgehead atoms. The summed E-state index contributed by atoms with van der Waals surface area (Å²) in [5.74, 6) is 1.52. The van der Waals surface area contributed by atoms with Gasteiger partial charge in [-0.2, -0.15) is 4.98 Å². The average molecular weight is 448 g/mol. The normalized spacial score (nSPS) is 21.1. The summed E-state index contributed by atoms with van der Waals surface area (Å²) in [7, 11) is 0. The molecule has 2 fully saturated rings. The maximum Gasteiger partial charge on any atom is 0.227 e. The standard InChI is InChI=1S/C23H31ClFN5O/c1-15-5-6-19(20(24)10-15)16(2)27-22-21(25)11-26-23(28-22)30-13-18(14-30)17-4-3-7-29(12-17)8-9-31/h5-6,10-11,16-18,31H,3-4,7-9,12-14H2,1-2H3,(H,26,27,28). The van der Waals surface area contributed by atoms with E-state index in [9.17, 15) is 9.50 Å². The summed E-state index contributed by atoms with van der Waals surface area (Å²) in [6.45, 7) is 8.81. The van der Waals surface area contributed by atoms with E-state index < -0.39 is 5.82 Å². The summed E-state index contributed by atoms with van der Waals surface area (Å²) in [6.07, 6.45) is 3.65. The van der Waals surface area contributed by atoms with Crippen molar-refractivity contribution in [1.29, 1.82) is 0 Å². The van der Waals surface area contributed by atoms with Crippen molar-refractivity contribution in [1.82, 2.24) is 14.9 Å². The summed E-state index contributed by atoms with van der Waals surface area (Å²) >= 11 is 6.37. The molecule has 6 nitrogen and oxygen atoms in total. The predicted octanol–water partition coefficient (Wildman–Crippen LogP) is 3.89. The second kappa shape index (κ2) is 9.67. The van der Waals surface area contributed by atoms with Crippen molar-refractivity contribution in [2.24, 2.45) is 11.8 Å². The Bertz CT molecular complexity index is 906. The number of anilines is 2. The summed E-state index contributed by atoms with van der Waals surface area (Å²) in [6, 6.07) is 5.67. The molecule has 2 atom stereocenters. The topological polar surface area (TPSA) is 64.5 Å². The molecule has 2 aliphatic heterocycles. The molecular formula is C23H31ClFN5O. The van der Waals surface area contributed by atoms with Crippen molar-refractivity contribution in [3.05, 3.63) is 46.4 Å². The van der Waals surface area contributed by atoms with Gasteiger partial charge in [0.1, 0.15) is 0 Å². The number of β-amino-alcohol motifs (C(OH)–C–C–N with tert-alkyl or cyclic N) is 1. The number of halogens is 2. The largest absolute Gasteiger partial charge is 0.395 e. The molecule has 2 aliphatic rings. The van der Waals surface area contributed by atoms with Crippen molar-refractivity contribution >= 4 is 23.4 Å². The average Bonchev–Trinajstić information content (AvgIpc) is 2.70. The Morgan fingerprint density at radius 2 is 2.10 bits per heavy atom. The molecule has 0 aliphatic carbocycles. The SMILES string of the molecule is Cc1ccc(C(C)Nc2nc(N3CC(C4CCCN(CCO)C4)C3)ncc2F)c(Cl)c1. The van der Waals surface area contributed by atoms with E-state index in [0.717, 1.165) is 43.9 Å². The molecule has 0 saturated carbocycles. The van der Waals surface area contributed by atoms with Crippen molar-refractivity contribution in [2.45, 2.75) is 32.7 Å². The van der Waals surface area contributed by atoms with Crippen LogP contribution in [0.25, 0.3) is 0 Å². The number of aromatic nitrogens is 2. The van der Waals surface area contributed by atoms with Crippen LogP contribution in [0, 0.1) is 24.6 Å². The summed E-state index contributed by atoms with van der Waals surface area (Å²) in [4.78, 5) is 13.2. The zero-order valence-electron chi connectivity index (χ0n) is 18.2. The van der Waals surface area contributed by atoms with Gasteiger partial charge in [-0.05, 0) is 62.3 Å². The number of aliphatic hydroxyl groups excluding tert-OH is 1. The lowest BCUT2D eigenvalue weighted by molar-refractivity contribution is 0.101. The van der Waals surface area contributed by atoms with Crippen LogP contribution in [0.5, 0.6) is 0 Å². The van der Waals surface area contributed by atoms with Crippen LogP contribution in [0.3, 0.4) is 0 Å². The van der Waals surface area contributed by atoms with Crippen LogP contribution in [0.4, 0.5) is 16.2 Å². The van der Waals surface area contributed by atoms with E-state index >= 15 is 0 Å². The van der Waals surface area contributed by atoms with Gasteiger partial charge in [-0.15, -0.1) is 0 Å². The number of nitrogens with zero attached hydrogens (tertiary/aromatic N) is 4. The number of piperidine rings is 1. The van der Waals surface area contributed by atoms with E-state index in [1.54, 1.807) is 0 Å². The van der Waals surface area contributed by atoms with Gasteiger partial charge in [-0.3, -0.25) is 0 Å². The van der Waals surface area contributed by atoms with Crippen LogP contribution in [0.2, 0.25) is 5.02 Å². The molecule has 2 N–H and O–H groups in total. The van der Waals surface area contributed by atoms with Crippen LogP contribution in [-0.2, 0) is 0 Å². The molecule has 2 unspecified atom stereocenters. The summed E-state index contributed by atoms with van der Waals surface area (Å²) < 4.78 is 14.4. The smallest absolute Gasteiger partial charge is 0.227 e. The molecule has 0 amide bonds. The first-order valence-corrected chi connectivity index (χ1v) is 11.5. The Hall–Kier alpha value is -1.96. The van der Waals surface area contributed by atoms with Crippen molar-refractivity contribution < 1.29 is 9.50 Å². The minimum atomic E-state index is -0.470. The number of aryl methyl sites for hydroxylation is 1. The zero-order valence-corrected chi connectivity index (χ0v) is 18.9. The van der Waals surface area contributed by atoms with Gasteiger partial charge in [0, 0.05) is 31.2 Å². The van der Waals surface area contributed by atoms with E-state index in [1.165, 1.54) is 19.0 Å². The van der Waals surface area contributed by atoms with Crippen LogP contribution in [0.1, 0.15) is 36.9 Å². The fraction of sp³-hybridized carbons (Fsp3) is 0.565. The highest BCUT2D eigenvalue weighted by atomic mass is 35.5. The molecule has 0 spiro atoms. The van der Waals surface area contributed by atoms with Crippen molar-refractivity contribution in [3.63, 3.8) is 0 Å². The predicted molar refractivity (Wildman–Crippen MR) is 122 cm³/mol. The number of nitrogens with one attached hydrogen (secondary N) is 1. The Morgan fingerprint density at radius 1 is 1.29 bits per heavy atom. The Kier molecular flexibility index (Phi) is 6.94. The molecule has 8 heteroatoms. The van der Waals surface area contributed by atoms with Gasteiger partial charge in [0.25, 0.3) is 0 Å². The van der Waals surface area contributed by atoms with Gasteiger partial charge >= 0.3 is 0 Å². The fourth-order valence-corrected chi connectivity index (χ4v) is 5.07. The van der Waals surface area contributed by atoms with E-state index in [4.69, 9.17) is 11.6 Å². The molecule has 2 saturated heterocycles. The molecular weight excluding hydrogens is 417 g/mol. The van der Waals surface area contributed by atoms with E-state index in [-0.39, 0.29) is 18.5 Å². The third-order valence-corrected chi connectivity index (χ3v) is 6.85. The van der Waals surface area contributed by atoms with Gasteiger partial charge in [-0.1, -0.05) is 23.7 Å². The van der Waals surface area contributed by atoms with Gasteiger partial charge in [0.05, 0.1) is 18.8 Å². The second-order valence-electron chi connectivity index (χ2n) is 8.85. The van der Waals surface area contributed by atoms with Gasteiger partial charge in [0.15, 0.2) is 11.6 Å². The lowest BCUT2D eigenvalue weighted by Crippen LogP contribution is -2.54. The number of benzene rings is 1. The molecule has 168 valence electrons. The lowest BCUT2D eigenvalue weighted by atomic mass is 9.81. The van der Waals surface area contributed by atoms with Gasteiger partial charge in [0.2, 0.25) is 5.95 Å². The van der Waals surface area contributed by atoms with Gasteiger partial charge in [-0.25, -0.2) is 9.37 Å². The molecule has 3 heterocycles. The minimum absolute atomic E-state index is 0.186. The molecule has 4 rings (SSSR count). The van der Waals surface area contributed by atoms with Crippen molar-refractivity contribution in [2.75, 3.05) is 49.5 Å². The minimum Gasteiger partial charge on any atom is -0.395 e. The van der Waals surface area contributed by atoms with Crippen LogP contribution >= 0.6 is 11.6 Å². The first-order chi connectivity index (χ1) is 14.9. The molecule has 2 aromatic rings. The zero-order chi connectivity index (χ0) is 22.0. The number of likely N-dealkylation sites (tertiary alicyclic amines) is 1. The number of aliphatic hydroxyl groups is 1.